The van der Waals surface area contributed by atoms with Crippen molar-refractivity contribution in [3.05, 3.63) is 47.6 Å². The average molecular weight is 404 g/mol. The second-order valence-electron chi connectivity index (χ2n) is 6.92. The summed E-state index contributed by atoms with van der Waals surface area (Å²) < 4.78 is 5.58. The first-order chi connectivity index (χ1) is 13.6. The third-order valence-electron chi connectivity index (χ3n) is 4.67. The van der Waals surface area contributed by atoms with Crippen LogP contribution in [0.15, 0.2) is 42.6 Å². The maximum Gasteiger partial charge on any atom is 0.234 e. The molecule has 1 aromatic heterocycles. The van der Waals surface area contributed by atoms with Crippen molar-refractivity contribution in [1.82, 2.24) is 20.4 Å². The van der Waals surface area contributed by atoms with E-state index < -0.39 is 0 Å². The van der Waals surface area contributed by atoms with Gasteiger partial charge in [-0.05, 0) is 56.3 Å². The molecule has 1 aromatic carbocycles. The number of rotatable bonds is 9. The van der Waals surface area contributed by atoms with Crippen LogP contribution in [-0.2, 0) is 4.79 Å². The van der Waals surface area contributed by atoms with Gasteiger partial charge in [0.15, 0.2) is 5.82 Å². The summed E-state index contributed by atoms with van der Waals surface area (Å²) in [6.45, 7) is 3.02. The lowest BCUT2D eigenvalue weighted by molar-refractivity contribution is -0.122. The van der Waals surface area contributed by atoms with Crippen molar-refractivity contribution in [2.45, 2.75) is 18.9 Å². The highest BCUT2D eigenvalue weighted by Gasteiger charge is 2.27. The van der Waals surface area contributed by atoms with Crippen molar-refractivity contribution in [3.63, 3.8) is 0 Å². The van der Waals surface area contributed by atoms with Gasteiger partial charge >= 0.3 is 0 Å². The molecule has 1 aliphatic heterocycles. The second kappa shape index (κ2) is 10.2. The molecule has 7 nitrogen and oxygen atoms in total. The lowest BCUT2D eigenvalue weighted by atomic mass is 10.2. The summed E-state index contributed by atoms with van der Waals surface area (Å²) in [4.78, 5) is 16.5. The zero-order valence-electron chi connectivity index (χ0n) is 16.1. The molecule has 0 saturated carbocycles. The van der Waals surface area contributed by atoms with Crippen LogP contribution in [0.25, 0.3) is 0 Å². The molecule has 1 amide bonds. The van der Waals surface area contributed by atoms with Crippen molar-refractivity contribution in [2.24, 2.45) is 0 Å². The molecule has 0 spiro atoms. The van der Waals surface area contributed by atoms with Crippen molar-refractivity contribution in [2.75, 3.05) is 44.7 Å². The first kappa shape index (κ1) is 20.4. The first-order valence-corrected chi connectivity index (χ1v) is 9.87. The molecule has 0 aliphatic carbocycles. The molecule has 1 atom stereocenters. The van der Waals surface area contributed by atoms with Crippen LogP contribution in [0.5, 0.6) is 5.75 Å². The highest BCUT2D eigenvalue weighted by atomic mass is 35.5. The van der Waals surface area contributed by atoms with E-state index >= 15 is 0 Å². The largest absolute Gasteiger partial charge is 0.492 e. The summed E-state index contributed by atoms with van der Waals surface area (Å²) in [5.74, 6) is 1.63. The van der Waals surface area contributed by atoms with E-state index in [0.29, 0.717) is 30.8 Å². The van der Waals surface area contributed by atoms with E-state index in [2.05, 4.69) is 25.3 Å². The van der Waals surface area contributed by atoms with Gasteiger partial charge in [-0.1, -0.05) is 11.6 Å². The smallest absolute Gasteiger partial charge is 0.234 e. The number of carbonyl (C=O) groups is 1. The molecule has 1 saturated heterocycles. The van der Waals surface area contributed by atoms with E-state index in [4.69, 9.17) is 16.3 Å². The van der Waals surface area contributed by atoms with Gasteiger partial charge in [0.25, 0.3) is 0 Å². The number of benzene rings is 1. The average Bonchev–Trinajstić information content (AvgIpc) is 3.15. The van der Waals surface area contributed by atoms with E-state index in [9.17, 15) is 4.79 Å². The number of anilines is 1. The van der Waals surface area contributed by atoms with E-state index in [1.54, 1.807) is 18.3 Å². The molecule has 1 aliphatic rings. The molecular formula is C20H26ClN5O2. The Bertz CT molecular complexity index is 744. The van der Waals surface area contributed by atoms with Crippen LogP contribution in [0.2, 0.25) is 5.02 Å². The van der Waals surface area contributed by atoms with Crippen LogP contribution < -0.4 is 15.0 Å². The fraction of sp³-hybridized carbons (Fsp3) is 0.450. The Morgan fingerprint density at radius 3 is 2.93 bits per heavy atom. The monoisotopic (exact) mass is 403 g/mol. The number of hydrogen-bond acceptors (Lipinski definition) is 6. The first-order valence-electron chi connectivity index (χ1n) is 9.50. The SMILES string of the molecule is CN(CC(=O)NCCOc1ccc(Cl)cc1)CC1CCCN1c1cccnn1. The Kier molecular flexibility index (Phi) is 7.45. The zero-order chi connectivity index (χ0) is 19.8. The molecule has 2 heterocycles. The predicted octanol–water partition coefficient (Wildman–Crippen LogP) is 2.23. The number of aromatic nitrogens is 2. The normalized spacial score (nSPS) is 16.4. The summed E-state index contributed by atoms with van der Waals surface area (Å²) in [5.41, 5.74) is 0. The third-order valence-corrected chi connectivity index (χ3v) is 4.92. The minimum Gasteiger partial charge on any atom is -0.492 e. The summed E-state index contributed by atoms with van der Waals surface area (Å²) in [6, 6.07) is 11.4. The molecule has 28 heavy (non-hydrogen) atoms. The third kappa shape index (κ3) is 6.07. The van der Waals surface area contributed by atoms with Crippen LogP contribution in [-0.4, -0.2) is 66.9 Å². The van der Waals surface area contributed by atoms with Gasteiger partial charge in [-0.3, -0.25) is 9.69 Å². The lowest BCUT2D eigenvalue weighted by Crippen LogP contribution is -2.43. The zero-order valence-corrected chi connectivity index (χ0v) is 16.8. The summed E-state index contributed by atoms with van der Waals surface area (Å²) in [5, 5.41) is 11.8. The highest BCUT2D eigenvalue weighted by molar-refractivity contribution is 6.30. The summed E-state index contributed by atoms with van der Waals surface area (Å²) in [7, 11) is 1.97. The van der Waals surface area contributed by atoms with Gasteiger partial charge < -0.3 is 15.0 Å². The van der Waals surface area contributed by atoms with Gasteiger partial charge in [-0.2, -0.15) is 5.10 Å². The topological polar surface area (TPSA) is 70.6 Å². The van der Waals surface area contributed by atoms with Gasteiger partial charge in [-0.15, -0.1) is 5.10 Å². The Morgan fingerprint density at radius 1 is 1.36 bits per heavy atom. The van der Waals surface area contributed by atoms with Crippen molar-refractivity contribution in [1.29, 1.82) is 0 Å². The molecular weight excluding hydrogens is 378 g/mol. The van der Waals surface area contributed by atoms with E-state index in [-0.39, 0.29) is 5.91 Å². The van der Waals surface area contributed by atoms with Crippen molar-refractivity contribution >= 4 is 23.3 Å². The maximum atomic E-state index is 12.2. The molecule has 150 valence electrons. The molecule has 0 radical (unpaired) electrons. The number of amides is 1. The van der Waals surface area contributed by atoms with Gasteiger partial charge in [0.1, 0.15) is 12.4 Å². The second-order valence-corrected chi connectivity index (χ2v) is 7.36. The molecule has 1 unspecified atom stereocenters. The number of ether oxygens (including phenoxy) is 1. The molecule has 2 aromatic rings. The van der Waals surface area contributed by atoms with Gasteiger partial charge in [0.05, 0.1) is 13.1 Å². The fourth-order valence-corrected chi connectivity index (χ4v) is 3.52. The van der Waals surface area contributed by atoms with E-state index in [0.717, 1.165) is 37.5 Å². The Labute approximate surface area is 170 Å². The number of nitrogens with zero attached hydrogens (tertiary/aromatic N) is 4. The van der Waals surface area contributed by atoms with Crippen molar-refractivity contribution in [3.8, 4) is 5.75 Å². The van der Waals surface area contributed by atoms with Crippen LogP contribution >= 0.6 is 11.6 Å². The minimum atomic E-state index is -0.00810. The molecule has 8 heteroatoms. The highest BCUT2D eigenvalue weighted by Crippen LogP contribution is 2.23. The maximum absolute atomic E-state index is 12.2. The molecule has 3 rings (SSSR count). The van der Waals surface area contributed by atoms with Gasteiger partial charge in [-0.25, -0.2) is 0 Å². The fourth-order valence-electron chi connectivity index (χ4n) is 3.39. The number of carbonyl (C=O) groups excluding carboxylic acids is 1. The summed E-state index contributed by atoms with van der Waals surface area (Å²) in [6.07, 6.45) is 3.91. The molecule has 0 bridgehead atoms. The Balaban J connectivity index is 1.36. The quantitative estimate of drug-likeness (QED) is 0.647. The number of halogens is 1. The Morgan fingerprint density at radius 2 is 2.18 bits per heavy atom. The van der Waals surface area contributed by atoms with Crippen LogP contribution in [0.4, 0.5) is 5.82 Å². The molecule has 1 N–H and O–H groups in total. The number of hydrogen-bond donors (Lipinski definition) is 1. The van der Waals surface area contributed by atoms with Crippen LogP contribution in [0.3, 0.4) is 0 Å². The van der Waals surface area contributed by atoms with Crippen molar-refractivity contribution < 1.29 is 9.53 Å². The Hall–Kier alpha value is -2.38. The number of likely N-dealkylation sites (N-methyl/N-ethyl adjacent to an activating group) is 1. The predicted molar refractivity (Wildman–Crippen MR) is 110 cm³/mol. The van der Waals surface area contributed by atoms with E-state index in [1.807, 2.05) is 31.3 Å². The van der Waals surface area contributed by atoms with E-state index in [1.165, 1.54) is 0 Å². The summed E-state index contributed by atoms with van der Waals surface area (Å²) >= 11 is 5.84. The standard InChI is InChI=1S/C20H26ClN5O2/c1-25(14-17-4-3-12-26(17)19-5-2-10-23-24-19)15-20(27)22-11-13-28-18-8-6-16(21)7-9-18/h2,5-10,17H,3-4,11-15H2,1H3,(H,22,27). The van der Waals surface area contributed by atoms with Crippen LogP contribution in [0, 0.1) is 0 Å². The van der Waals surface area contributed by atoms with Gasteiger partial charge in [0, 0.05) is 30.4 Å². The van der Waals surface area contributed by atoms with Crippen LogP contribution in [0.1, 0.15) is 12.8 Å². The van der Waals surface area contributed by atoms with Gasteiger partial charge in [0.2, 0.25) is 5.91 Å². The lowest BCUT2D eigenvalue weighted by Gasteiger charge is -2.28. The minimum absolute atomic E-state index is 0.00810. The number of nitrogens with one attached hydrogen (secondary N) is 1. The molecule has 1 fully saturated rings.